The Hall–Kier alpha value is -2.07. The average molecular weight is 368 g/mol. The molecule has 1 spiro atoms. The Morgan fingerprint density at radius 2 is 2.22 bits per heavy atom. The number of allylic oxidation sites excluding steroid dienone is 1. The van der Waals surface area contributed by atoms with Crippen LogP contribution in [0.4, 0.5) is 0 Å². The van der Waals surface area contributed by atoms with Crippen LogP contribution in [0.3, 0.4) is 0 Å². The standard InChI is InChI=1S/C23H28O4/c1-25-19-9-5-6-17(14-19)10-11-22(24)27-20-12-13-23(16-26-23)21(15-20)18-7-3-2-4-8-18/h5-7,9-11,14,20-21H,2-4,8,12-13,15-16H2,1H3/b11-10+. The molecule has 27 heavy (non-hydrogen) atoms. The first-order chi connectivity index (χ1) is 13.2. The van der Waals surface area contributed by atoms with Crippen LogP contribution in [0, 0.1) is 5.92 Å². The molecule has 144 valence electrons. The number of hydrogen-bond acceptors (Lipinski definition) is 4. The Balaban J connectivity index is 1.36. The molecule has 2 fully saturated rings. The minimum absolute atomic E-state index is 0.0184. The number of epoxide rings is 1. The first-order valence-corrected chi connectivity index (χ1v) is 10.0. The maximum atomic E-state index is 12.3. The Kier molecular flexibility index (Phi) is 5.35. The summed E-state index contributed by atoms with van der Waals surface area (Å²) < 4.78 is 16.9. The average Bonchev–Trinajstić information content (AvgIpc) is 3.49. The van der Waals surface area contributed by atoms with E-state index >= 15 is 0 Å². The molecule has 3 unspecified atom stereocenters. The molecule has 4 rings (SSSR count). The molecule has 1 aromatic carbocycles. The van der Waals surface area contributed by atoms with E-state index in [0.29, 0.717) is 5.92 Å². The number of hydrogen-bond donors (Lipinski definition) is 0. The lowest BCUT2D eigenvalue weighted by Gasteiger charge is -2.36. The van der Waals surface area contributed by atoms with Gasteiger partial charge in [-0.3, -0.25) is 0 Å². The van der Waals surface area contributed by atoms with Crippen LogP contribution in [-0.4, -0.2) is 31.4 Å². The normalized spacial score (nSPS) is 30.2. The van der Waals surface area contributed by atoms with E-state index in [4.69, 9.17) is 14.2 Å². The zero-order chi connectivity index (χ0) is 18.7. The smallest absolute Gasteiger partial charge is 0.331 e. The van der Waals surface area contributed by atoms with Gasteiger partial charge >= 0.3 is 5.97 Å². The molecule has 3 aliphatic rings. The predicted molar refractivity (Wildman–Crippen MR) is 104 cm³/mol. The number of carbonyl (C=O) groups is 1. The topological polar surface area (TPSA) is 48.1 Å². The number of esters is 1. The van der Waals surface area contributed by atoms with Gasteiger partial charge in [0.05, 0.1) is 19.3 Å². The van der Waals surface area contributed by atoms with Crippen LogP contribution in [0.2, 0.25) is 0 Å². The second kappa shape index (κ2) is 7.89. The van der Waals surface area contributed by atoms with Crippen molar-refractivity contribution in [2.45, 2.75) is 56.7 Å². The highest BCUT2D eigenvalue weighted by molar-refractivity contribution is 5.87. The van der Waals surface area contributed by atoms with Gasteiger partial charge in [-0.2, -0.15) is 0 Å². The third-order valence-electron chi connectivity index (χ3n) is 6.10. The van der Waals surface area contributed by atoms with Gasteiger partial charge in [0.2, 0.25) is 0 Å². The maximum absolute atomic E-state index is 12.3. The van der Waals surface area contributed by atoms with Gasteiger partial charge in [-0.15, -0.1) is 0 Å². The molecule has 0 amide bonds. The fraction of sp³-hybridized carbons (Fsp3) is 0.522. The molecule has 1 heterocycles. The number of benzene rings is 1. The fourth-order valence-electron chi connectivity index (χ4n) is 4.50. The number of carbonyl (C=O) groups excluding carboxylic acids is 1. The van der Waals surface area contributed by atoms with E-state index in [0.717, 1.165) is 37.2 Å². The molecular formula is C23H28O4. The van der Waals surface area contributed by atoms with E-state index in [2.05, 4.69) is 6.08 Å². The lowest BCUT2D eigenvalue weighted by Crippen LogP contribution is -2.38. The van der Waals surface area contributed by atoms with Gasteiger partial charge in [-0.05, 0) is 68.7 Å². The van der Waals surface area contributed by atoms with Crippen LogP contribution in [0.5, 0.6) is 5.75 Å². The van der Waals surface area contributed by atoms with Crippen LogP contribution in [0.15, 0.2) is 42.0 Å². The predicted octanol–water partition coefficient (Wildman–Crippen LogP) is 4.69. The molecule has 1 saturated heterocycles. The van der Waals surface area contributed by atoms with Crippen molar-refractivity contribution in [2.24, 2.45) is 5.92 Å². The first kappa shape index (κ1) is 18.3. The van der Waals surface area contributed by atoms with Gasteiger partial charge in [0.25, 0.3) is 0 Å². The van der Waals surface area contributed by atoms with E-state index in [1.165, 1.54) is 37.3 Å². The molecule has 1 aliphatic heterocycles. The van der Waals surface area contributed by atoms with E-state index in [-0.39, 0.29) is 17.7 Å². The third kappa shape index (κ3) is 4.27. The molecule has 4 nitrogen and oxygen atoms in total. The highest BCUT2D eigenvalue weighted by atomic mass is 16.6. The van der Waals surface area contributed by atoms with Crippen LogP contribution < -0.4 is 4.74 Å². The second-order valence-corrected chi connectivity index (χ2v) is 7.87. The monoisotopic (exact) mass is 368 g/mol. The Labute approximate surface area is 161 Å². The van der Waals surface area contributed by atoms with Crippen LogP contribution >= 0.6 is 0 Å². The van der Waals surface area contributed by atoms with Gasteiger partial charge in [-0.25, -0.2) is 4.79 Å². The molecule has 0 bridgehead atoms. The minimum Gasteiger partial charge on any atom is -0.497 e. The Morgan fingerprint density at radius 3 is 2.96 bits per heavy atom. The van der Waals surface area contributed by atoms with Crippen LogP contribution in [0.25, 0.3) is 6.08 Å². The van der Waals surface area contributed by atoms with Crippen molar-refractivity contribution < 1.29 is 19.0 Å². The van der Waals surface area contributed by atoms with Crippen molar-refractivity contribution >= 4 is 12.0 Å². The van der Waals surface area contributed by atoms with Gasteiger partial charge in [0.15, 0.2) is 0 Å². The highest BCUT2D eigenvalue weighted by Gasteiger charge is 2.55. The maximum Gasteiger partial charge on any atom is 0.331 e. The zero-order valence-corrected chi connectivity index (χ0v) is 16.0. The van der Waals surface area contributed by atoms with Crippen molar-refractivity contribution in [3.63, 3.8) is 0 Å². The van der Waals surface area contributed by atoms with E-state index < -0.39 is 0 Å². The van der Waals surface area contributed by atoms with E-state index in [1.54, 1.807) is 13.2 Å². The van der Waals surface area contributed by atoms with Crippen molar-refractivity contribution in [1.82, 2.24) is 0 Å². The molecule has 1 saturated carbocycles. The highest BCUT2D eigenvalue weighted by Crippen LogP contribution is 2.51. The molecule has 0 N–H and O–H groups in total. The van der Waals surface area contributed by atoms with Gasteiger partial charge in [0.1, 0.15) is 11.9 Å². The summed E-state index contributed by atoms with van der Waals surface area (Å²) in [5, 5.41) is 0. The Bertz CT molecular complexity index is 745. The molecule has 2 aliphatic carbocycles. The summed E-state index contributed by atoms with van der Waals surface area (Å²) in [4.78, 5) is 12.3. The molecular weight excluding hydrogens is 340 g/mol. The van der Waals surface area contributed by atoms with Gasteiger partial charge < -0.3 is 14.2 Å². The summed E-state index contributed by atoms with van der Waals surface area (Å²) in [6.07, 6.45) is 13.4. The van der Waals surface area contributed by atoms with Crippen molar-refractivity contribution in [3.05, 3.63) is 47.6 Å². The Morgan fingerprint density at radius 1 is 1.33 bits per heavy atom. The van der Waals surface area contributed by atoms with E-state index in [1.807, 2.05) is 24.3 Å². The number of ether oxygens (including phenoxy) is 3. The third-order valence-corrected chi connectivity index (χ3v) is 6.10. The zero-order valence-electron chi connectivity index (χ0n) is 16.0. The number of methoxy groups -OCH3 is 1. The SMILES string of the molecule is COc1cccc(/C=C/C(=O)OC2CCC3(CO3)C(C3=CCCCC3)C2)c1. The van der Waals surface area contributed by atoms with Crippen LogP contribution in [0.1, 0.15) is 50.5 Å². The molecule has 4 heteroatoms. The van der Waals surface area contributed by atoms with Gasteiger partial charge in [0, 0.05) is 12.0 Å². The lowest BCUT2D eigenvalue weighted by atomic mass is 9.71. The fourth-order valence-corrected chi connectivity index (χ4v) is 4.50. The van der Waals surface area contributed by atoms with Crippen molar-refractivity contribution in [2.75, 3.05) is 13.7 Å². The summed E-state index contributed by atoms with van der Waals surface area (Å²) in [6, 6.07) is 7.62. The molecule has 0 radical (unpaired) electrons. The molecule has 3 atom stereocenters. The quantitative estimate of drug-likeness (QED) is 0.327. The first-order valence-electron chi connectivity index (χ1n) is 10.0. The van der Waals surface area contributed by atoms with Crippen LogP contribution in [-0.2, 0) is 14.3 Å². The summed E-state index contributed by atoms with van der Waals surface area (Å²) >= 11 is 0. The second-order valence-electron chi connectivity index (χ2n) is 7.87. The van der Waals surface area contributed by atoms with Gasteiger partial charge in [-0.1, -0.05) is 23.8 Å². The van der Waals surface area contributed by atoms with E-state index in [9.17, 15) is 4.79 Å². The minimum atomic E-state index is -0.271. The largest absolute Gasteiger partial charge is 0.497 e. The van der Waals surface area contributed by atoms with Crippen molar-refractivity contribution in [3.8, 4) is 5.75 Å². The summed E-state index contributed by atoms with van der Waals surface area (Å²) in [5.41, 5.74) is 2.50. The van der Waals surface area contributed by atoms with Crippen molar-refractivity contribution in [1.29, 1.82) is 0 Å². The summed E-state index contributed by atoms with van der Waals surface area (Å²) in [6.45, 7) is 0.866. The lowest BCUT2D eigenvalue weighted by molar-refractivity contribution is -0.145. The summed E-state index contributed by atoms with van der Waals surface area (Å²) in [7, 11) is 1.63. The summed E-state index contributed by atoms with van der Waals surface area (Å²) in [5.74, 6) is 0.926. The molecule has 0 aromatic heterocycles. The number of rotatable bonds is 5. The molecule has 1 aromatic rings.